The lowest BCUT2D eigenvalue weighted by atomic mass is 9.99. The Kier molecular flexibility index (Phi) is 8.77. The highest BCUT2D eigenvalue weighted by molar-refractivity contribution is 6.03. The molecule has 0 spiro atoms. The molecular formula is C32H41N3. The fraction of sp³-hybridized carbons (Fsp3) is 0.406. The van der Waals surface area contributed by atoms with Gasteiger partial charge < -0.3 is 0 Å². The summed E-state index contributed by atoms with van der Waals surface area (Å²) in [5.41, 5.74) is 14.9. The molecule has 0 saturated heterocycles. The molecule has 0 aliphatic carbocycles. The minimum Gasteiger partial charge on any atom is -0.251 e. The molecule has 0 radical (unpaired) electrons. The van der Waals surface area contributed by atoms with E-state index in [0.717, 1.165) is 59.9 Å². The first kappa shape index (κ1) is 26.5. The van der Waals surface area contributed by atoms with Crippen molar-refractivity contribution >= 4 is 22.8 Å². The van der Waals surface area contributed by atoms with Crippen molar-refractivity contribution in [2.75, 3.05) is 0 Å². The van der Waals surface area contributed by atoms with Gasteiger partial charge in [0.15, 0.2) is 0 Å². The smallest absolute Gasteiger partial charge is 0.0852 e. The molecular weight excluding hydrogens is 426 g/mol. The fourth-order valence-electron chi connectivity index (χ4n) is 4.72. The second kappa shape index (κ2) is 11.6. The van der Waals surface area contributed by atoms with Gasteiger partial charge in [-0.05, 0) is 100 Å². The molecule has 0 N–H and O–H groups in total. The van der Waals surface area contributed by atoms with Crippen molar-refractivity contribution in [1.82, 2.24) is 4.98 Å². The monoisotopic (exact) mass is 467 g/mol. The number of aryl methyl sites for hydroxylation is 7. The van der Waals surface area contributed by atoms with Crippen molar-refractivity contribution in [3.05, 3.63) is 86.7 Å². The van der Waals surface area contributed by atoms with Crippen LogP contribution in [-0.4, -0.2) is 16.4 Å². The van der Waals surface area contributed by atoms with Crippen molar-refractivity contribution in [2.24, 2.45) is 9.98 Å². The first-order chi connectivity index (χ1) is 16.7. The molecule has 0 atom stereocenters. The van der Waals surface area contributed by atoms with Gasteiger partial charge in [0, 0.05) is 0 Å². The normalized spacial score (nSPS) is 12.4. The summed E-state index contributed by atoms with van der Waals surface area (Å²) in [7, 11) is 0. The van der Waals surface area contributed by atoms with Crippen LogP contribution < -0.4 is 0 Å². The molecule has 1 aromatic heterocycles. The van der Waals surface area contributed by atoms with Crippen LogP contribution in [0.25, 0.3) is 0 Å². The number of nitrogens with zero attached hydrogens (tertiary/aromatic N) is 3. The topological polar surface area (TPSA) is 37.6 Å². The van der Waals surface area contributed by atoms with Gasteiger partial charge in [-0.2, -0.15) is 0 Å². The van der Waals surface area contributed by atoms with Gasteiger partial charge >= 0.3 is 0 Å². The molecule has 0 bridgehead atoms. The first-order valence-electron chi connectivity index (χ1n) is 13.0. The molecule has 0 aliphatic rings. The highest BCUT2D eigenvalue weighted by Crippen LogP contribution is 2.30. The summed E-state index contributed by atoms with van der Waals surface area (Å²) >= 11 is 0. The van der Waals surface area contributed by atoms with E-state index in [4.69, 9.17) is 15.0 Å². The molecule has 184 valence electrons. The van der Waals surface area contributed by atoms with Crippen LogP contribution in [-0.2, 0) is 25.7 Å². The highest BCUT2D eigenvalue weighted by Gasteiger charge is 2.12. The molecule has 0 aliphatic heterocycles. The number of benzene rings is 2. The average Bonchev–Trinajstić information content (AvgIpc) is 2.84. The predicted molar refractivity (Wildman–Crippen MR) is 153 cm³/mol. The summed E-state index contributed by atoms with van der Waals surface area (Å²) in [5, 5.41) is 0. The zero-order chi connectivity index (χ0) is 25.7. The SMILES string of the molecule is CCc1cc(C)cc(CC)c1N=C(C)c1cc(C)cc(C(C)=Nc2c(CC)cc(C)cc2CC)n1. The number of aromatic nitrogens is 1. The van der Waals surface area contributed by atoms with Gasteiger partial charge in [-0.3, -0.25) is 9.98 Å². The maximum absolute atomic E-state index is 5.12. The average molecular weight is 468 g/mol. The Morgan fingerprint density at radius 1 is 0.543 bits per heavy atom. The lowest BCUT2D eigenvalue weighted by molar-refractivity contribution is 1.07. The van der Waals surface area contributed by atoms with E-state index >= 15 is 0 Å². The van der Waals surface area contributed by atoms with E-state index in [-0.39, 0.29) is 0 Å². The lowest BCUT2D eigenvalue weighted by Gasteiger charge is -2.14. The second-order valence-corrected chi connectivity index (χ2v) is 9.59. The van der Waals surface area contributed by atoms with Crippen molar-refractivity contribution in [3.63, 3.8) is 0 Å². The molecule has 0 saturated carbocycles. The summed E-state index contributed by atoms with van der Waals surface area (Å²) in [6, 6.07) is 13.3. The van der Waals surface area contributed by atoms with Crippen molar-refractivity contribution in [1.29, 1.82) is 0 Å². The molecule has 35 heavy (non-hydrogen) atoms. The number of rotatable bonds is 8. The van der Waals surface area contributed by atoms with Crippen LogP contribution in [0.15, 0.2) is 46.4 Å². The third kappa shape index (κ3) is 6.14. The summed E-state index contributed by atoms with van der Waals surface area (Å²) < 4.78 is 0. The van der Waals surface area contributed by atoms with Crippen LogP contribution in [0.2, 0.25) is 0 Å². The zero-order valence-corrected chi connectivity index (χ0v) is 23.1. The van der Waals surface area contributed by atoms with Gasteiger partial charge in [0.1, 0.15) is 0 Å². The van der Waals surface area contributed by atoms with E-state index in [2.05, 4.69) is 98.7 Å². The molecule has 2 aromatic carbocycles. The van der Waals surface area contributed by atoms with E-state index in [1.165, 1.54) is 38.9 Å². The molecule has 3 heteroatoms. The summed E-state index contributed by atoms with van der Waals surface area (Å²) in [6.07, 6.45) is 3.87. The summed E-state index contributed by atoms with van der Waals surface area (Å²) in [5.74, 6) is 0. The standard InChI is InChI=1S/C32H41N3/c1-10-25-14-20(5)15-26(11-2)31(25)33-23(8)29-18-22(7)19-30(35-29)24(9)34-32-27(12-3)16-21(6)17-28(32)13-4/h14-19H,10-13H2,1-9H3. The van der Waals surface area contributed by atoms with Crippen LogP contribution >= 0.6 is 0 Å². The minimum absolute atomic E-state index is 0.912. The number of hydrogen-bond donors (Lipinski definition) is 0. The van der Waals surface area contributed by atoms with Gasteiger partial charge in [-0.25, -0.2) is 4.98 Å². The van der Waals surface area contributed by atoms with E-state index in [9.17, 15) is 0 Å². The third-order valence-electron chi connectivity index (χ3n) is 6.62. The van der Waals surface area contributed by atoms with E-state index < -0.39 is 0 Å². The summed E-state index contributed by atoms with van der Waals surface area (Å²) in [4.78, 5) is 15.3. The van der Waals surface area contributed by atoms with Crippen LogP contribution in [0.1, 0.15) is 91.9 Å². The van der Waals surface area contributed by atoms with Crippen LogP contribution in [0, 0.1) is 20.8 Å². The second-order valence-electron chi connectivity index (χ2n) is 9.59. The molecule has 0 unspecified atom stereocenters. The Morgan fingerprint density at radius 2 is 0.829 bits per heavy atom. The quantitative estimate of drug-likeness (QED) is 0.306. The fourth-order valence-corrected chi connectivity index (χ4v) is 4.72. The molecule has 0 fully saturated rings. The van der Waals surface area contributed by atoms with Crippen molar-refractivity contribution in [3.8, 4) is 0 Å². The number of hydrogen-bond acceptors (Lipinski definition) is 3. The van der Waals surface area contributed by atoms with Crippen LogP contribution in [0.5, 0.6) is 0 Å². The van der Waals surface area contributed by atoms with E-state index in [1.807, 2.05) is 0 Å². The Balaban J connectivity index is 2.10. The predicted octanol–water partition coefficient (Wildman–Crippen LogP) is 8.54. The Bertz CT molecular complexity index is 1130. The van der Waals surface area contributed by atoms with Crippen molar-refractivity contribution in [2.45, 2.75) is 88.0 Å². The molecule has 3 aromatic rings. The Labute approximate surface area is 212 Å². The third-order valence-corrected chi connectivity index (χ3v) is 6.62. The van der Waals surface area contributed by atoms with Gasteiger partial charge in [0.25, 0.3) is 0 Å². The molecule has 1 heterocycles. The van der Waals surface area contributed by atoms with Gasteiger partial charge in [0.05, 0.1) is 34.2 Å². The minimum atomic E-state index is 0.912. The van der Waals surface area contributed by atoms with Crippen LogP contribution in [0.4, 0.5) is 11.4 Å². The van der Waals surface area contributed by atoms with Gasteiger partial charge in [-0.15, -0.1) is 0 Å². The number of aliphatic imine (C=N–C) groups is 2. The van der Waals surface area contributed by atoms with E-state index in [0.29, 0.717) is 0 Å². The first-order valence-corrected chi connectivity index (χ1v) is 13.0. The maximum Gasteiger partial charge on any atom is 0.0852 e. The zero-order valence-electron chi connectivity index (χ0n) is 23.1. The lowest BCUT2D eigenvalue weighted by Crippen LogP contribution is -2.07. The maximum atomic E-state index is 5.12. The van der Waals surface area contributed by atoms with E-state index in [1.54, 1.807) is 0 Å². The number of pyridine rings is 1. The molecule has 0 amide bonds. The Morgan fingerprint density at radius 3 is 1.11 bits per heavy atom. The van der Waals surface area contributed by atoms with Gasteiger partial charge in [0.2, 0.25) is 0 Å². The van der Waals surface area contributed by atoms with Crippen molar-refractivity contribution < 1.29 is 0 Å². The Hall–Kier alpha value is -3.07. The largest absolute Gasteiger partial charge is 0.251 e. The van der Waals surface area contributed by atoms with Gasteiger partial charge in [-0.1, -0.05) is 63.1 Å². The summed E-state index contributed by atoms with van der Waals surface area (Å²) in [6.45, 7) is 19.4. The van der Waals surface area contributed by atoms with Crippen LogP contribution in [0.3, 0.4) is 0 Å². The molecule has 3 nitrogen and oxygen atoms in total. The highest BCUT2D eigenvalue weighted by atomic mass is 14.8. The molecule has 3 rings (SSSR count).